The lowest BCUT2D eigenvalue weighted by Gasteiger charge is -2.37. The zero-order chi connectivity index (χ0) is 16.1. The Balaban J connectivity index is 2.63. The van der Waals surface area contributed by atoms with Gasteiger partial charge in [-0.25, -0.2) is 0 Å². The standard InChI is InChI=1S/C17H33BN2O/c1-7-8-9-10-14(2)20-15(11-12-19-20)18-13-16(3,4)17(5,6)21/h11-12,14,18,21H,7-10,13H2,1-6H3. The van der Waals surface area contributed by atoms with Crippen LogP contribution in [0.2, 0.25) is 6.32 Å². The molecule has 1 N–H and O–H groups in total. The lowest BCUT2D eigenvalue weighted by atomic mass is 9.57. The van der Waals surface area contributed by atoms with Crippen molar-refractivity contribution in [2.45, 2.75) is 85.2 Å². The minimum Gasteiger partial charge on any atom is -0.390 e. The lowest BCUT2D eigenvalue weighted by Crippen LogP contribution is -2.41. The second-order valence-electron chi connectivity index (χ2n) is 7.55. The predicted molar refractivity (Wildman–Crippen MR) is 92.7 cm³/mol. The van der Waals surface area contributed by atoms with E-state index in [2.05, 4.69) is 43.5 Å². The monoisotopic (exact) mass is 292 g/mol. The zero-order valence-corrected chi connectivity index (χ0v) is 14.8. The van der Waals surface area contributed by atoms with Crippen LogP contribution in [0.25, 0.3) is 0 Å². The van der Waals surface area contributed by atoms with Crippen LogP contribution in [-0.4, -0.2) is 27.8 Å². The number of unbranched alkanes of at least 4 members (excludes halogenated alkanes) is 2. The SMILES string of the molecule is CCCCCC(C)n1nccc1BCC(C)(C)C(C)(C)O. The summed E-state index contributed by atoms with van der Waals surface area (Å²) in [7, 11) is 0.967. The maximum Gasteiger partial charge on any atom is 0.182 e. The normalized spacial score (nSPS) is 14.2. The van der Waals surface area contributed by atoms with Crippen LogP contribution in [0, 0.1) is 5.41 Å². The van der Waals surface area contributed by atoms with Gasteiger partial charge in [-0.1, -0.05) is 46.4 Å². The van der Waals surface area contributed by atoms with Gasteiger partial charge in [0.15, 0.2) is 7.28 Å². The summed E-state index contributed by atoms with van der Waals surface area (Å²) in [5, 5.41) is 14.8. The van der Waals surface area contributed by atoms with Gasteiger partial charge in [0, 0.05) is 12.2 Å². The Morgan fingerprint density at radius 2 is 1.95 bits per heavy atom. The van der Waals surface area contributed by atoms with Crippen LogP contribution in [0.4, 0.5) is 0 Å². The summed E-state index contributed by atoms with van der Waals surface area (Å²) in [6.45, 7) is 12.6. The number of aromatic nitrogens is 2. The van der Waals surface area contributed by atoms with Crippen LogP contribution < -0.4 is 5.59 Å². The molecule has 1 aromatic heterocycles. The fourth-order valence-electron chi connectivity index (χ4n) is 2.49. The van der Waals surface area contributed by atoms with Gasteiger partial charge in [-0.05, 0) is 44.3 Å². The van der Waals surface area contributed by atoms with Crippen molar-refractivity contribution in [1.82, 2.24) is 9.78 Å². The summed E-state index contributed by atoms with van der Waals surface area (Å²) in [6.07, 6.45) is 7.89. The molecule has 120 valence electrons. The van der Waals surface area contributed by atoms with E-state index in [1.807, 2.05) is 20.0 Å². The van der Waals surface area contributed by atoms with E-state index in [0.717, 1.165) is 13.6 Å². The molecule has 21 heavy (non-hydrogen) atoms. The molecule has 0 aliphatic heterocycles. The summed E-state index contributed by atoms with van der Waals surface area (Å²) in [5.41, 5.74) is 0.523. The Labute approximate surface area is 131 Å². The van der Waals surface area contributed by atoms with Crippen LogP contribution in [0.3, 0.4) is 0 Å². The predicted octanol–water partition coefficient (Wildman–Crippen LogP) is 3.30. The van der Waals surface area contributed by atoms with Crippen molar-refractivity contribution in [2.24, 2.45) is 5.41 Å². The quantitative estimate of drug-likeness (QED) is 0.560. The molecule has 3 nitrogen and oxygen atoms in total. The summed E-state index contributed by atoms with van der Waals surface area (Å²) < 4.78 is 2.18. The Kier molecular flexibility index (Phi) is 6.52. The van der Waals surface area contributed by atoms with Crippen LogP contribution in [0.5, 0.6) is 0 Å². The molecule has 0 spiro atoms. The first-order valence-corrected chi connectivity index (χ1v) is 8.44. The second kappa shape index (κ2) is 7.48. The summed E-state index contributed by atoms with van der Waals surface area (Å²) in [4.78, 5) is 0. The Hall–Kier alpha value is -0.765. The van der Waals surface area contributed by atoms with Crippen molar-refractivity contribution in [3.05, 3.63) is 12.3 Å². The molecule has 4 heteroatoms. The van der Waals surface area contributed by atoms with Crippen molar-refractivity contribution < 1.29 is 5.11 Å². The number of aliphatic hydroxyl groups is 1. The third kappa shape index (κ3) is 5.17. The molecule has 1 aromatic rings. The number of hydrogen-bond acceptors (Lipinski definition) is 2. The van der Waals surface area contributed by atoms with E-state index in [4.69, 9.17) is 0 Å². The average molecular weight is 292 g/mol. The van der Waals surface area contributed by atoms with Crippen molar-refractivity contribution in [2.75, 3.05) is 0 Å². The van der Waals surface area contributed by atoms with Crippen molar-refractivity contribution >= 4 is 12.9 Å². The van der Waals surface area contributed by atoms with Gasteiger partial charge in [-0.2, -0.15) is 5.10 Å². The van der Waals surface area contributed by atoms with E-state index in [0.29, 0.717) is 6.04 Å². The second-order valence-corrected chi connectivity index (χ2v) is 7.55. The zero-order valence-electron chi connectivity index (χ0n) is 14.8. The minimum atomic E-state index is -0.662. The Morgan fingerprint density at radius 1 is 1.29 bits per heavy atom. The fraction of sp³-hybridized carbons (Fsp3) is 0.824. The van der Waals surface area contributed by atoms with Crippen molar-refractivity contribution in [3.63, 3.8) is 0 Å². The van der Waals surface area contributed by atoms with Gasteiger partial charge < -0.3 is 5.11 Å². The molecule has 0 fully saturated rings. The van der Waals surface area contributed by atoms with Crippen molar-refractivity contribution in [1.29, 1.82) is 0 Å². The van der Waals surface area contributed by atoms with Gasteiger partial charge in [-0.15, -0.1) is 0 Å². The van der Waals surface area contributed by atoms with E-state index in [1.165, 1.54) is 31.3 Å². The molecule has 1 atom stereocenters. The number of hydrogen-bond donors (Lipinski definition) is 1. The van der Waals surface area contributed by atoms with Crippen molar-refractivity contribution in [3.8, 4) is 0 Å². The highest BCUT2D eigenvalue weighted by molar-refractivity contribution is 6.52. The fourth-order valence-corrected chi connectivity index (χ4v) is 2.49. The molecule has 0 aliphatic rings. The van der Waals surface area contributed by atoms with Gasteiger partial charge in [-0.3, -0.25) is 4.68 Å². The highest BCUT2D eigenvalue weighted by atomic mass is 16.3. The van der Waals surface area contributed by atoms with E-state index >= 15 is 0 Å². The van der Waals surface area contributed by atoms with E-state index in [1.54, 1.807) is 0 Å². The third-order valence-electron chi connectivity index (χ3n) is 5.06. The van der Waals surface area contributed by atoms with Crippen LogP contribution in [0.15, 0.2) is 12.3 Å². The molecule has 0 saturated carbocycles. The molecule has 1 unspecified atom stereocenters. The van der Waals surface area contributed by atoms with E-state index in [-0.39, 0.29) is 5.41 Å². The van der Waals surface area contributed by atoms with Gasteiger partial charge in [0.2, 0.25) is 0 Å². The molecule has 1 heterocycles. The largest absolute Gasteiger partial charge is 0.390 e. The molecule has 0 aromatic carbocycles. The Bertz CT molecular complexity index is 421. The van der Waals surface area contributed by atoms with E-state index < -0.39 is 5.60 Å². The first-order chi connectivity index (χ1) is 9.69. The molecule has 0 saturated heterocycles. The summed E-state index contributed by atoms with van der Waals surface area (Å²) >= 11 is 0. The third-order valence-corrected chi connectivity index (χ3v) is 5.06. The smallest absolute Gasteiger partial charge is 0.182 e. The molecular weight excluding hydrogens is 259 g/mol. The maximum atomic E-state index is 10.3. The van der Waals surface area contributed by atoms with Crippen LogP contribution in [0.1, 0.15) is 73.3 Å². The molecule has 0 bridgehead atoms. The first-order valence-electron chi connectivity index (χ1n) is 8.44. The molecule has 0 aliphatic carbocycles. The molecular formula is C17H33BN2O. The van der Waals surface area contributed by atoms with Gasteiger partial charge in [0.25, 0.3) is 0 Å². The first kappa shape index (κ1) is 18.3. The molecule has 1 rings (SSSR count). The van der Waals surface area contributed by atoms with Gasteiger partial charge in [0.1, 0.15) is 0 Å². The lowest BCUT2D eigenvalue weighted by molar-refractivity contribution is -0.0236. The molecule has 0 amide bonds. The summed E-state index contributed by atoms with van der Waals surface area (Å²) in [5.74, 6) is 0. The average Bonchev–Trinajstić information content (AvgIpc) is 2.83. The van der Waals surface area contributed by atoms with Crippen LogP contribution in [-0.2, 0) is 0 Å². The van der Waals surface area contributed by atoms with Gasteiger partial charge >= 0.3 is 0 Å². The highest BCUT2D eigenvalue weighted by Gasteiger charge is 2.34. The van der Waals surface area contributed by atoms with E-state index in [9.17, 15) is 5.11 Å². The van der Waals surface area contributed by atoms with Crippen LogP contribution >= 0.6 is 0 Å². The number of rotatable bonds is 9. The maximum absolute atomic E-state index is 10.3. The topological polar surface area (TPSA) is 38.0 Å². The Morgan fingerprint density at radius 3 is 2.52 bits per heavy atom. The minimum absolute atomic E-state index is 0.104. The van der Waals surface area contributed by atoms with Gasteiger partial charge in [0.05, 0.1) is 5.60 Å². The summed E-state index contributed by atoms with van der Waals surface area (Å²) in [6, 6.07) is 2.59. The molecule has 0 radical (unpaired) electrons. The highest BCUT2D eigenvalue weighted by Crippen LogP contribution is 2.33. The number of nitrogens with zero attached hydrogens (tertiary/aromatic N) is 2.